The highest BCUT2D eigenvalue weighted by Crippen LogP contribution is 2.27. The second-order valence-corrected chi connectivity index (χ2v) is 8.19. The molecule has 168 valence electrons. The number of hydrogen-bond acceptors (Lipinski definition) is 3. The molecular formula is C23H33IN6O. The molecule has 2 heterocycles. The summed E-state index contributed by atoms with van der Waals surface area (Å²) in [6.45, 7) is 5.05. The van der Waals surface area contributed by atoms with Gasteiger partial charge in [0.05, 0.1) is 18.6 Å². The van der Waals surface area contributed by atoms with Gasteiger partial charge in [0.25, 0.3) is 0 Å². The molecule has 4 rings (SSSR count). The van der Waals surface area contributed by atoms with E-state index in [-0.39, 0.29) is 35.9 Å². The number of aliphatic imine (C=N–C) groups is 1. The molecule has 1 atom stereocenters. The summed E-state index contributed by atoms with van der Waals surface area (Å²) in [4.78, 5) is 23.7. The Bertz CT molecular complexity index is 863. The largest absolute Gasteiger partial charge is 0.357 e. The molecule has 1 aliphatic carbocycles. The van der Waals surface area contributed by atoms with Gasteiger partial charge in [0.2, 0.25) is 5.91 Å². The smallest absolute Gasteiger partial charge is 0.225 e. The molecule has 2 aliphatic rings. The van der Waals surface area contributed by atoms with Gasteiger partial charge in [-0.05, 0) is 37.8 Å². The van der Waals surface area contributed by atoms with Gasteiger partial charge in [-0.2, -0.15) is 0 Å². The van der Waals surface area contributed by atoms with Crippen molar-refractivity contribution in [3.8, 4) is 5.69 Å². The zero-order chi connectivity index (χ0) is 20.8. The van der Waals surface area contributed by atoms with Crippen LogP contribution in [-0.2, 0) is 11.3 Å². The van der Waals surface area contributed by atoms with E-state index in [1.807, 2.05) is 27.8 Å². The lowest BCUT2D eigenvalue weighted by atomic mass is 10.1. The first kappa shape index (κ1) is 23.6. The normalized spacial score (nSPS) is 19.3. The summed E-state index contributed by atoms with van der Waals surface area (Å²) in [5.41, 5.74) is 2.22. The van der Waals surface area contributed by atoms with E-state index in [9.17, 15) is 4.79 Å². The molecule has 1 saturated heterocycles. The number of imidazole rings is 1. The molecule has 0 spiro atoms. The Balaban J connectivity index is 0.00000272. The van der Waals surface area contributed by atoms with Crippen LogP contribution in [0.15, 0.2) is 48.0 Å². The molecule has 1 aliphatic heterocycles. The van der Waals surface area contributed by atoms with E-state index in [1.165, 1.54) is 12.8 Å². The van der Waals surface area contributed by atoms with Crippen molar-refractivity contribution in [3.63, 3.8) is 0 Å². The van der Waals surface area contributed by atoms with Crippen LogP contribution in [0, 0.1) is 5.92 Å². The number of likely N-dealkylation sites (tertiary alicyclic amines) is 1. The van der Waals surface area contributed by atoms with Crippen LogP contribution in [0.3, 0.4) is 0 Å². The molecular weight excluding hydrogens is 503 g/mol. The number of amides is 1. The number of halogens is 1. The van der Waals surface area contributed by atoms with Crippen molar-refractivity contribution < 1.29 is 4.79 Å². The molecule has 0 radical (unpaired) electrons. The van der Waals surface area contributed by atoms with Crippen LogP contribution in [0.4, 0.5) is 0 Å². The van der Waals surface area contributed by atoms with Crippen LogP contribution >= 0.6 is 24.0 Å². The fraction of sp³-hybridized carbons (Fsp3) is 0.522. The van der Waals surface area contributed by atoms with Crippen LogP contribution in [0.2, 0.25) is 0 Å². The Morgan fingerprint density at radius 2 is 2.03 bits per heavy atom. The number of carbonyl (C=O) groups excluding carboxylic acids is 1. The van der Waals surface area contributed by atoms with Crippen molar-refractivity contribution in [2.75, 3.05) is 19.6 Å². The second-order valence-electron chi connectivity index (χ2n) is 8.19. The molecule has 2 fully saturated rings. The van der Waals surface area contributed by atoms with Crippen LogP contribution in [0.5, 0.6) is 0 Å². The van der Waals surface area contributed by atoms with Gasteiger partial charge in [0, 0.05) is 44.0 Å². The highest BCUT2D eigenvalue weighted by Gasteiger charge is 2.32. The Morgan fingerprint density at radius 1 is 1.23 bits per heavy atom. The third-order valence-corrected chi connectivity index (χ3v) is 6.07. The number of nitrogens with zero attached hydrogens (tertiary/aromatic N) is 4. The van der Waals surface area contributed by atoms with Gasteiger partial charge >= 0.3 is 0 Å². The lowest BCUT2D eigenvalue weighted by Gasteiger charge is -2.21. The first-order valence-electron chi connectivity index (χ1n) is 11.1. The number of hydrogen-bond donors (Lipinski definition) is 2. The van der Waals surface area contributed by atoms with Crippen molar-refractivity contribution in [1.29, 1.82) is 0 Å². The molecule has 2 N–H and O–H groups in total. The first-order valence-corrected chi connectivity index (χ1v) is 11.1. The average molecular weight is 536 g/mol. The number of aromatic nitrogens is 2. The lowest BCUT2D eigenvalue weighted by molar-refractivity contribution is -0.134. The Labute approximate surface area is 201 Å². The SMILES string of the molecule is CCNC(=NCc1ccccc1-n1ccnc1)NC1CCN(C(=O)C2CCCC2)C1.I. The quantitative estimate of drug-likeness (QED) is 0.338. The van der Waals surface area contributed by atoms with Crippen LogP contribution in [0.25, 0.3) is 5.69 Å². The van der Waals surface area contributed by atoms with E-state index in [1.54, 1.807) is 12.5 Å². The van der Waals surface area contributed by atoms with Gasteiger partial charge in [-0.15, -0.1) is 24.0 Å². The molecule has 8 heteroatoms. The predicted molar refractivity (Wildman–Crippen MR) is 134 cm³/mol. The maximum absolute atomic E-state index is 12.7. The minimum Gasteiger partial charge on any atom is -0.357 e. The predicted octanol–water partition coefficient (Wildman–Crippen LogP) is 3.34. The first-order chi connectivity index (χ1) is 14.7. The standard InChI is InChI=1S/C23H32N6O.HI/c1-2-25-23(26-15-19-9-5-6-10-21(19)29-14-12-24-17-29)27-20-11-13-28(16-20)22(30)18-7-3-4-8-18;/h5-6,9-10,12,14,17-18,20H,2-4,7-8,11,13,15-16H2,1H3,(H2,25,26,27);1H. The third-order valence-electron chi connectivity index (χ3n) is 6.07. The summed E-state index contributed by atoms with van der Waals surface area (Å²) in [6, 6.07) is 8.49. The van der Waals surface area contributed by atoms with Gasteiger partial charge in [0.15, 0.2) is 5.96 Å². The van der Waals surface area contributed by atoms with Crippen LogP contribution in [-0.4, -0.2) is 52.0 Å². The molecule has 1 amide bonds. The monoisotopic (exact) mass is 536 g/mol. The highest BCUT2D eigenvalue weighted by atomic mass is 127. The zero-order valence-electron chi connectivity index (χ0n) is 18.2. The number of nitrogens with one attached hydrogen (secondary N) is 2. The Kier molecular flexibility index (Phi) is 8.74. The summed E-state index contributed by atoms with van der Waals surface area (Å²) in [7, 11) is 0. The highest BCUT2D eigenvalue weighted by molar-refractivity contribution is 14.0. The summed E-state index contributed by atoms with van der Waals surface area (Å²) < 4.78 is 2.01. The fourth-order valence-corrected chi connectivity index (χ4v) is 4.48. The zero-order valence-corrected chi connectivity index (χ0v) is 20.5. The number of benzene rings is 1. The minimum atomic E-state index is 0. The molecule has 1 saturated carbocycles. The van der Waals surface area contributed by atoms with Gasteiger partial charge in [-0.1, -0.05) is 31.0 Å². The van der Waals surface area contributed by atoms with Gasteiger partial charge in [-0.25, -0.2) is 9.98 Å². The van der Waals surface area contributed by atoms with E-state index in [4.69, 9.17) is 4.99 Å². The summed E-state index contributed by atoms with van der Waals surface area (Å²) in [5.74, 6) is 1.41. The van der Waals surface area contributed by atoms with Crippen molar-refractivity contribution in [2.45, 2.75) is 51.6 Å². The van der Waals surface area contributed by atoms with E-state index in [2.05, 4.69) is 34.7 Å². The molecule has 31 heavy (non-hydrogen) atoms. The molecule has 7 nitrogen and oxygen atoms in total. The molecule has 2 aromatic rings. The Morgan fingerprint density at radius 3 is 2.77 bits per heavy atom. The second kappa shape index (κ2) is 11.5. The minimum absolute atomic E-state index is 0. The third kappa shape index (κ3) is 5.99. The lowest BCUT2D eigenvalue weighted by Crippen LogP contribution is -2.45. The van der Waals surface area contributed by atoms with Crippen LogP contribution < -0.4 is 10.6 Å². The molecule has 1 aromatic heterocycles. The molecule has 0 bridgehead atoms. The summed E-state index contributed by atoms with van der Waals surface area (Å²) in [6.07, 6.45) is 11.0. The number of carbonyl (C=O) groups is 1. The van der Waals surface area contributed by atoms with Crippen molar-refractivity contribution in [2.24, 2.45) is 10.9 Å². The average Bonchev–Trinajstić information content (AvgIpc) is 3.55. The Hall–Kier alpha value is -2.10. The molecule has 1 unspecified atom stereocenters. The maximum atomic E-state index is 12.7. The molecule has 1 aromatic carbocycles. The van der Waals surface area contributed by atoms with Gasteiger partial charge < -0.3 is 20.1 Å². The van der Waals surface area contributed by atoms with E-state index in [0.29, 0.717) is 12.5 Å². The van der Waals surface area contributed by atoms with Crippen molar-refractivity contribution in [3.05, 3.63) is 48.5 Å². The number of para-hydroxylation sites is 1. The van der Waals surface area contributed by atoms with Crippen molar-refractivity contribution in [1.82, 2.24) is 25.1 Å². The van der Waals surface area contributed by atoms with Crippen LogP contribution in [0.1, 0.15) is 44.6 Å². The number of rotatable bonds is 6. The summed E-state index contributed by atoms with van der Waals surface area (Å²) in [5, 5.41) is 6.89. The number of guanidine groups is 1. The van der Waals surface area contributed by atoms with E-state index < -0.39 is 0 Å². The van der Waals surface area contributed by atoms with Gasteiger partial charge in [0.1, 0.15) is 0 Å². The fourth-order valence-electron chi connectivity index (χ4n) is 4.48. The maximum Gasteiger partial charge on any atom is 0.225 e. The van der Waals surface area contributed by atoms with Gasteiger partial charge in [-0.3, -0.25) is 4.79 Å². The summed E-state index contributed by atoms with van der Waals surface area (Å²) >= 11 is 0. The van der Waals surface area contributed by atoms with Crippen molar-refractivity contribution >= 4 is 35.8 Å². The van der Waals surface area contributed by atoms with E-state index >= 15 is 0 Å². The van der Waals surface area contributed by atoms with E-state index in [0.717, 1.165) is 56.1 Å². The topological polar surface area (TPSA) is 74.6 Å².